The minimum Gasteiger partial charge on any atom is -0.348 e. The molecule has 0 aromatic heterocycles. The van der Waals surface area contributed by atoms with Crippen LogP contribution in [0.2, 0.25) is 0 Å². The standard InChI is InChI=1S/C26H27FN2O3S/c1-18-6-12-24(13-7-18)29(33(31,32)25-14-10-23(27)11-15-25)17-26(30)28-19(2)21-9-8-20-4-3-5-22(20)16-21/h6-16,19H,3-5,17H2,1-2H3,(H,28,30)/t19-/m1/s1. The summed E-state index contributed by atoms with van der Waals surface area (Å²) in [6.07, 6.45) is 3.27. The minimum atomic E-state index is -4.08. The number of aryl methyl sites for hydroxylation is 3. The number of rotatable bonds is 7. The third kappa shape index (κ3) is 5.09. The summed E-state index contributed by atoms with van der Waals surface area (Å²) in [4.78, 5) is 12.9. The van der Waals surface area contributed by atoms with E-state index < -0.39 is 28.3 Å². The summed E-state index contributed by atoms with van der Waals surface area (Å²) in [7, 11) is -4.08. The summed E-state index contributed by atoms with van der Waals surface area (Å²) in [5.74, 6) is -0.953. The van der Waals surface area contributed by atoms with Crippen molar-refractivity contribution >= 4 is 21.6 Å². The van der Waals surface area contributed by atoms with E-state index in [0.717, 1.165) is 46.8 Å². The minimum absolute atomic E-state index is 0.0797. The van der Waals surface area contributed by atoms with E-state index in [0.29, 0.717) is 5.69 Å². The first kappa shape index (κ1) is 23.0. The van der Waals surface area contributed by atoms with Crippen LogP contribution in [0.3, 0.4) is 0 Å². The molecule has 3 aromatic rings. The first-order valence-corrected chi connectivity index (χ1v) is 12.4. The lowest BCUT2D eigenvalue weighted by Crippen LogP contribution is -2.41. The molecule has 3 aromatic carbocycles. The fourth-order valence-corrected chi connectivity index (χ4v) is 5.54. The van der Waals surface area contributed by atoms with Crippen molar-refractivity contribution in [3.8, 4) is 0 Å². The van der Waals surface area contributed by atoms with E-state index in [2.05, 4.69) is 17.4 Å². The molecule has 1 aliphatic carbocycles. The lowest BCUT2D eigenvalue weighted by atomic mass is 10.0. The average molecular weight is 467 g/mol. The molecular formula is C26H27FN2O3S. The number of carbonyl (C=O) groups excluding carboxylic acids is 1. The smallest absolute Gasteiger partial charge is 0.264 e. The number of halogens is 1. The van der Waals surface area contributed by atoms with Crippen LogP contribution in [0.1, 0.15) is 41.6 Å². The SMILES string of the molecule is Cc1ccc(N(CC(=O)N[C@H](C)c2ccc3c(c2)CCC3)S(=O)(=O)c2ccc(F)cc2)cc1. The lowest BCUT2D eigenvalue weighted by Gasteiger charge is -2.25. The summed E-state index contributed by atoms with van der Waals surface area (Å²) < 4.78 is 41.2. The molecule has 5 nitrogen and oxygen atoms in total. The van der Waals surface area contributed by atoms with Crippen molar-refractivity contribution < 1.29 is 17.6 Å². The Morgan fingerprint density at radius 3 is 2.36 bits per heavy atom. The van der Waals surface area contributed by atoms with Crippen LogP contribution in [0.4, 0.5) is 10.1 Å². The van der Waals surface area contributed by atoms with E-state index in [4.69, 9.17) is 0 Å². The monoisotopic (exact) mass is 466 g/mol. The zero-order valence-corrected chi connectivity index (χ0v) is 19.5. The van der Waals surface area contributed by atoms with Gasteiger partial charge >= 0.3 is 0 Å². The molecule has 0 unspecified atom stereocenters. The second-order valence-electron chi connectivity index (χ2n) is 8.47. The summed E-state index contributed by atoms with van der Waals surface area (Å²) in [6, 6.07) is 17.5. The molecule has 33 heavy (non-hydrogen) atoms. The number of carbonyl (C=O) groups is 1. The highest BCUT2D eigenvalue weighted by Crippen LogP contribution is 2.26. The van der Waals surface area contributed by atoms with Gasteiger partial charge in [0.05, 0.1) is 16.6 Å². The number of amides is 1. The van der Waals surface area contributed by atoms with E-state index in [1.54, 1.807) is 24.3 Å². The largest absolute Gasteiger partial charge is 0.348 e. The van der Waals surface area contributed by atoms with Gasteiger partial charge in [-0.1, -0.05) is 35.9 Å². The van der Waals surface area contributed by atoms with Gasteiger partial charge in [0.25, 0.3) is 10.0 Å². The zero-order valence-electron chi connectivity index (χ0n) is 18.7. The number of sulfonamides is 1. The molecule has 0 bridgehead atoms. The molecule has 4 rings (SSSR count). The van der Waals surface area contributed by atoms with Crippen LogP contribution in [0.15, 0.2) is 71.6 Å². The van der Waals surface area contributed by atoms with Gasteiger partial charge in [0.15, 0.2) is 0 Å². The molecule has 172 valence electrons. The zero-order chi connectivity index (χ0) is 23.6. The van der Waals surface area contributed by atoms with Crippen molar-refractivity contribution in [3.63, 3.8) is 0 Å². The van der Waals surface area contributed by atoms with Gasteiger partial charge in [0.2, 0.25) is 5.91 Å². The Kier molecular flexibility index (Phi) is 6.51. The molecule has 0 aliphatic heterocycles. The first-order valence-electron chi connectivity index (χ1n) is 11.0. The number of fused-ring (bicyclic) bond motifs is 1. The molecule has 7 heteroatoms. The fourth-order valence-electron chi connectivity index (χ4n) is 4.12. The van der Waals surface area contributed by atoms with Gasteiger partial charge in [-0.25, -0.2) is 12.8 Å². The van der Waals surface area contributed by atoms with E-state index in [1.165, 1.54) is 23.3 Å². The third-order valence-corrected chi connectivity index (χ3v) is 7.80. The summed E-state index contributed by atoms with van der Waals surface area (Å²) >= 11 is 0. The summed E-state index contributed by atoms with van der Waals surface area (Å²) in [5.41, 5.74) is 4.99. The molecular weight excluding hydrogens is 439 g/mol. The van der Waals surface area contributed by atoms with Crippen LogP contribution in [-0.2, 0) is 27.7 Å². The first-order chi connectivity index (χ1) is 15.7. The Labute approximate surface area is 194 Å². The van der Waals surface area contributed by atoms with Crippen LogP contribution < -0.4 is 9.62 Å². The van der Waals surface area contributed by atoms with Crippen molar-refractivity contribution in [2.45, 2.75) is 44.0 Å². The summed E-state index contributed by atoms with van der Waals surface area (Å²) in [5, 5.41) is 2.93. The Bertz CT molecular complexity index is 1260. The van der Waals surface area contributed by atoms with Crippen molar-refractivity contribution in [2.24, 2.45) is 0 Å². The number of benzene rings is 3. The highest BCUT2D eigenvalue weighted by atomic mass is 32.2. The second-order valence-corrected chi connectivity index (χ2v) is 10.3. The van der Waals surface area contributed by atoms with E-state index in [-0.39, 0.29) is 10.9 Å². The van der Waals surface area contributed by atoms with Crippen LogP contribution in [0, 0.1) is 12.7 Å². The molecule has 0 spiro atoms. The van der Waals surface area contributed by atoms with Crippen LogP contribution in [0.5, 0.6) is 0 Å². The van der Waals surface area contributed by atoms with Gasteiger partial charge < -0.3 is 5.32 Å². The average Bonchev–Trinajstić information content (AvgIpc) is 3.26. The Morgan fingerprint density at radius 2 is 1.67 bits per heavy atom. The normalized spacial score (nSPS) is 13.9. The molecule has 0 saturated heterocycles. The number of nitrogens with one attached hydrogen (secondary N) is 1. The fraction of sp³-hybridized carbons (Fsp3) is 0.269. The van der Waals surface area contributed by atoms with Crippen molar-refractivity contribution in [1.82, 2.24) is 5.32 Å². The Balaban J connectivity index is 1.57. The number of hydrogen-bond donors (Lipinski definition) is 1. The van der Waals surface area contributed by atoms with Gasteiger partial charge in [0, 0.05) is 0 Å². The maximum absolute atomic E-state index is 13.4. The van der Waals surface area contributed by atoms with Gasteiger partial charge in [-0.15, -0.1) is 0 Å². The van der Waals surface area contributed by atoms with Crippen LogP contribution >= 0.6 is 0 Å². The molecule has 1 N–H and O–H groups in total. The number of anilines is 1. The van der Waals surface area contributed by atoms with E-state index >= 15 is 0 Å². The predicted molar refractivity (Wildman–Crippen MR) is 127 cm³/mol. The highest BCUT2D eigenvalue weighted by Gasteiger charge is 2.28. The topological polar surface area (TPSA) is 66.5 Å². The maximum atomic E-state index is 13.4. The van der Waals surface area contributed by atoms with Crippen molar-refractivity contribution in [1.29, 1.82) is 0 Å². The van der Waals surface area contributed by atoms with Gasteiger partial charge in [-0.3, -0.25) is 9.10 Å². The van der Waals surface area contributed by atoms with Gasteiger partial charge in [-0.2, -0.15) is 0 Å². The molecule has 1 aliphatic rings. The Hall–Kier alpha value is -3.19. The molecule has 1 atom stereocenters. The van der Waals surface area contributed by atoms with Gasteiger partial charge in [-0.05, 0) is 86.2 Å². The summed E-state index contributed by atoms with van der Waals surface area (Å²) in [6.45, 7) is 3.39. The molecule has 0 fully saturated rings. The van der Waals surface area contributed by atoms with Crippen LogP contribution in [0.25, 0.3) is 0 Å². The van der Waals surface area contributed by atoms with E-state index in [9.17, 15) is 17.6 Å². The van der Waals surface area contributed by atoms with Crippen LogP contribution in [-0.4, -0.2) is 20.9 Å². The molecule has 0 saturated carbocycles. The Morgan fingerprint density at radius 1 is 1.00 bits per heavy atom. The molecule has 0 radical (unpaired) electrons. The number of nitrogens with zero attached hydrogens (tertiary/aromatic N) is 1. The second kappa shape index (κ2) is 9.35. The number of hydrogen-bond acceptors (Lipinski definition) is 3. The molecule has 1 amide bonds. The van der Waals surface area contributed by atoms with Crippen molar-refractivity contribution in [2.75, 3.05) is 10.8 Å². The molecule has 0 heterocycles. The van der Waals surface area contributed by atoms with Gasteiger partial charge in [0.1, 0.15) is 12.4 Å². The maximum Gasteiger partial charge on any atom is 0.264 e. The third-order valence-electron chi connectivity index (χ3n) is 6.01. The predicted octanol–water partition coefficient (Wildman–Crippen LogP) is 4.70. The highest BCUT2D eigenvalue weighted by molar-refractivity contribution is 7.92. The lowest BCUT2D eigenvalue weighted by molar-refractivity contribution is -0.120. The quantitative estimate of drug-likeness (QED) is 0.549. The van der Waals surface area contributed by atoms with E-state index in [1.807, 2.05) is 19.9 Å². The van der Waals surface area contributed by atoms with Crippen molar-refractivity contribution in [3.05, 3.63) is 94.8 Å².